The zero-order valence-corrected chi connectivity index (χ0v) is 21.1. The maximum atomic E-state index is 14.5. The average Bonchev–Trinajstić information content (AvgIpc) is 3.10. The molecule has 0 atom stereocenters. The van der Waals surface area contributed by atoms with E-state index in [1.165, 1.54) is 25.0 Å². The van der Waals surface area contributed by atoms with Gasteiger partial charge < -0.3 is 4.40 Å². The summed E-state index contributed by atoms with van der Waals surface area (Å²) in [6.07, 6.45) is -2.42. The molecule has 0 spiro atoms. The van der Waals surface area contributed by atoms with Gasteiger partial charge in [0.1, 0.15) is 7.05 Å². The minimum atomic E-state index is -4.39. The highest BCUT2D eigenvalue weighted by atomic mass is 19.4. The summed E-state index contributed by atoms with van der Waals surface area (Å²) in [6, 6.07) is 12.1. The molecule has 0 radical (unpaired) electrons. The lowest BCUT2D eigenvalue weighted by Gasteiger charge is -2.30. The van der Waals surface area contributed by atoms with E-state index in [4.69, 9.17) is 0 Å². The highest BCUT2D eigenvalue weighted by molar-refractivity contribution is 6.28. The van der Waals surface area contributed by atoms with E-state index in [1.54, 1.807) is 6.07 Å². The first-order valence-corrected chi connectivity index (χ1v) is 11.9. The number of halogens is 3. The molecule has 0 saturated carbocycles. The Morgan fingerprint density at radius 2 is 1.51 bits per heavy atom. The zero-order chi connectivity index (χ0) is 25.2. The van der Waals surface area contributed by atoms with Crippen LogP contribution in [0, 0.1) is 27.7 Å². The van der Waals surface area contributed by atoms with E-state index in [9.17, 15) is 13.2 Å². The normalized spacial score (nSPS) is 13.4. The highest BCUT2D eigenvalue weighted by Crippen LogP contribution is 2.49. The monoisotopic (exact) mass is 473 g/mol. The van der Waals surface area contributed by atoms with Gasteiger partial charge in [-0.1, -0.05) is 17.7 Å². The third kappa shape index (κ3) is 2.64. The zero-order valence-electron chi connectivity index (χ0n) is 21.1. The van der Waals surface area contributed by atoms with Crippen molar-refractivity contribution < 1.29 is 17.7 Å². The Hall–Kier alpha value is -3.34. The van der Waals surface area contributed by atoms with E-state index in [1.807, 2.05) is 38.4 Å². The topological polar surface area (TPSA) is 8.29 Å². The Balaban J connectivity index is 2.09. The molecule has 3 aromatic heterocycles. The van der Waals surface area contributed by atoms with E-state index in [0.717, 1.165) is 54.7 Å². The second kappa shape index (κ2) is 6.66. The quantitative estimate of drug-likeness (QED) is 0.130. The summed E-state index contributed by atoms with van der Waals surface area (Å²) >= 11 is 0. The van der Waals surface area contributed by atoms with Gasteiger partial charge >= 0.3 is 6.18 Å². The second-order valence-electron chi connectivity index (χ2n) is 10.7. The van der Waals surface area contributed by atoms with Gasteiger partial charge in [0.15, 0.2) is 6.20 Å². The largest absolute Gasteiger partial charge is 0.397 e. The molecule has 3 heterocycles. The van der Waals surface area contributed by atoms with Crippen molar-refractivity contribution in [3.05, 3.63) is 70.4 Å². The Kier molecular flexibility index (Phi) is 4.21. The van der Waals surface area contributed by atoms with Crippen molar-refractivity contribution in [2.75, 3.05) is 0 Å². The number of hydrogen-bond donors (Lipinski definition) is 0. The van der Waals surface area contributed by atoms with Crippen molar-refractivity contribution in [2.45, 2.75) is 53.1 Å². The molecular formula is C30H28F3N2+. The molecule has 35 heavy (non-hydrogen) atoms. The number of fused-ring (bicyclic) bond motifs is 6. The van der Waals surface area contributed by atoms with Crippen LogP contribution in [0.15, 0.2) is 42.6 Å². The number of hydrogen-bond acceptors (Lipinski definition) is 0. The molecule has 0 aliphatic carbocycles. The van der Waals surface area contributed by atoms with Crippen LogP contribution in [0.2, 0.25) is 0 Å². The first-order chi connectivity index (χ1) is 16.3. The molecule has 0 aliphatic rings. The van der Waals surface area contributed by atoms with Crippen LogP contribution in [0.5, 0.6) is 0 Å². The number of alkyl halides is 3. The highest BCUT2D eigenvalue weighted by Gasteiger charge is 2.50. The molecule has 5 heteroatoms. The van der Waals surface area contributed by atoms with E-state index in [-0.39, 0.29) is 0 Å². The second-order valence-corrected chi connectivity index (χ2v) is 10.7. The minimum absolute atomic E-state index is 0.326. The fourth-order valence-electron chi connectivity index (χ4n) is 6.00. The molecule has 0 saturated heterocycles. The summed E-state index contributed by atoms with van der Waals surface area (Å²) in [5, 5.41) is 4.58. The van der Waals surface area contributed by atoms with E-state index >= 15 is 0 Å². The van der Waals surface area contributed by atoms with Crippen molar-refractivity contribution >= 4 is 49.0 Å². The third-order valence-corrected chi connectivity index (χ3v) is 8.14. The molecule has 0 unspecified atom stereocenters. The number of nitrogens with zero attached hydrogens (tertiary/aromatic N) is 2. The molecule has 0 bridgehead atoms. The minimum Gasteiger partial charge on any atom is -0.307 e. The van der Waals surface area contributed by atoms with Gasteiger partial charge in [-0.2, -0.15) is 13.2 Å². The predicted molar refractivity (Wildman–Crippen MR) is 138 cm³/mol. The van der Waals surface area contributed by atoms with Crippen molar-refractivity contribution in [3.63, 3.8) is 0 Å². The third-order valence-electron chi connectivity index (χ3n) is 8.14. The number of rotatable bonds is 1. The van der Waals surface area contributed by atoms with Crippen molar-refractivity contribution in [2.24, 2.45) is 7.05 Å². The molecule has 0 N–H and O–H groups in total. The van der Waals surface area contributed by atoms with Crippen LogP contribution in [-0.2, 0) is 12.5 Å². The molecule has 178 valence electrons. The maximum absolute atomic E-state index is 14.5. The average molecular weight is 474 g/mol. The SMILES string of the molecule is Cc1ccc2c(c1)c1c(C(C)(C)C(F)(F)F)cc3cc[n+](C)c4c5c(C)c(C)cc(C)c5n2c1c34. The van der Waals surface area contributed by atoms with Crippen LogP contribution in [0.25, 0.3) is 49.0 Å². The first kappa shape index (κ1) is 22.1. The number of pyridine rings is 2. The standard InChI is InChI=1S/C30H28F3N2/c1-15-8-9-22-20(12-15)25-21(29(5,6)30(31,32)33)14-19-10-11-34(7)27-23-18(4)16(2)13-17(3)26(23)35(22)28(25)24(19)27/h8-14H,1-7H3/q+1. The van der Waals surface area contributed by atoms with Gasteiger partial charge in [0, 0.05) is 16.8 Å². The maximum Gasteiger partial charge on any atom is 0.397 e. The number of aromatic nitrogens is 2. The van der Waals surface area contributed by atoms with Crippen molar-refractivity contribution in [1.29, 1.82) is 0 Å². The van der Waals surface area contributed by atoms with Crippen LogP contribution in [0.4, 0.5) is 13.2 Å². The molecule has 6 rings (SSSR count). The van der Waals surface area contributed by atoms with Gasteiger partial charge in [0.2, 0.25) is 5.52 Å². The summed E-state index contributed by atoms with van der Waals surface area (Å²) in [5.41, 5.74) is 6.81. The molecule has 2 nitrogen and oxygen atoms in total. The van der Waals surface area contributed by atoms with Crippen molar-refractivity contribution in [1.82, 2.24) is 4.40 Å². The molecule has 0 amide bonds. The fourth-order valence-corrected chi connectivity index (χ4v) is 6.00. The molecular weight excluding hydrogens is 445 g/mol. The number of benzene rings is 3. The summed E-state index contributed by atoms with van der Waals surface area (Å²) in [7, 11) is 2.03. The van der Waals surface area contributed by atoms with Crippen LogP contribution in [0.1, 0.15) is 41.7 Å². The Bertz CT molecular complexity index is 1850. The molecule has 0 fully saturated rings. The summed E-state index contributed by atoms with van der Waals surface area (Å²) in [5.74, 6) is 0. The summed E-state index contributed by atoms with van der Waals surface area (Å²) < 4.78 is 47.8. The lowest BCUT2D eigenvalue weighted by Crippen LogP contribution is -2.36. The lowest BCUT2D eigenvalue weighted by atomic mass is 9.80. The Morgan fingerprint density at radius 3 is 2.20 bits per heavy atom. The molecule has 0 aliphatic heterocycles. The summed E-state index contributed by atoms with van der Waals surface area (Å²) in [4.78, 5) is 0. The lowest BCUT2D eigenvalue weighted by molar-refractivity contribution is -0.643. The smallest absolute Gasteiger partial charge is 0.307 e. The Morgan fingerprint density at radius 1 is 0.800 bits per heavy atom. The van der Waals surface area contributed by atoms with Crippen LogP contribution in [-0.4, -0.2) is 10.6 Å². The van der Waals surface area contributed by atoms with Crippen molar-refractivity contribution in [3.8, 4) is 0 Å². The van der Waals surface area contributed by atoms with E-state index in [0.29, 0.717) is 10.9 Å². The van der Waals surface area contributed by atoms with Crippen LogP contribution in [0.3, 0.4) is 0 Å². The van der Waals surface area contributed by atoms with Crippen LogP contribution >= 0.6 is 0 Å². The van der Waals surface area contributed by atoms with Gasteiger partial charge in [-0.3, -0.25) is 0 Å². The van der Waals surface area contributed by atoms with Gasteiger partial charge in [-0.15, -0.1) is 0 Å². The molecule has 3 aromatic carbocycles. The Labute approximate surface area is 201 Å². The molecule has 6 aromatic rings. The van der Waals surface area contributed by atoms with Gasteiger partial charge in [-0.05, 0) is 87.4 Å². The predicted octanol–water partition coefficient (Wildman–Crippen LogP) is 7.89. The number of aryl methyl sites for hydroxylation is 5. The fraction of sp³-hybridized carbons (Fsp3) is 0.300. The van der Waals surface area contributed by atoms with Crippen LogP contribution < -0.4 is 4.57 Å². The van der Waals surface area contributed by atoms with E-state index < -0.39 is 11.6 Å². The van der Waals surface area contributed by atoms with E-state index in [2.05, 4.69) is 41.9 Å². The summed E-state index contributed by atoms with van der Waals surface area (Å²) in [6.45, 7) is 11.0. The van der Waals surface area contributed by atoms with Gasteiger partial charge in [-0.25, -0.2) is 4.57 Å². The van der Waals surface area contributed by atoms with Gasteiger partial charge in [0.25, 0.3) is 0 Å². The first-order valence-electron chi connectivity index (χ1n) is 11.9. The van der Waals surface area contributed by atoms with Gasteiger partial charge in [0.05, 0.1) is 32.7 Å².